The van der Waals surface area contributed by atoms with Gasteiger partial charge in [0, 0.05) is 5.57 Å². The Morgan fingerprint density at radius 1 is 1.44 bits per heavy atom. The predicted molar refractivity (Wildman–Crippen MR) is 67.7 cm³/mol. The number of benzene rings is 1. The Balaban J connectivity index is 0.000000325. The third kappa shape index (κ3) is 6.04. The Labute approximate surface area is 101 Å². The number of halogens is 1. The minimum atomic E-state index is -0.935. The van der Waals surface area contributed by atoms with Gasteiger partial charge in [-0.2, -0.15) is 0 Å². The Kier molecular flexibility index (Phi) is 6.97. The van der Waals surface area contributed by atoms with Gasteiger partial charge in [0.25, 0.3) is 0 Å². The molecule has 1 atom stereocenters. The minimum Gasteiger partial charge on any atom is -0.478 e. The lowest BCUT2D eigenvalue weighted by molar-refractivity contribution is -0.132. The van der Waals surface area contributed by atoms with Crippen LogP contribution in [0.5, 0.6) is 0 Å². The van der Waals surface area contributed by atoms with Crippen molar-refractivity contribution in [3.05, 3.63) is 60.7 Å². The van der Waals surface area contributed by atoms with Gasteiger partial charge in [-0.1, -0.05) is 43.0 Å². The third-order valence-electron chi connectivity index (χ3n) is 1.69. The summed E-state index contributed by atoms with van der Waals surface area (Å²) >= 11 is 5.87. The molecule has 0 bridgehead atoms. The summed E-state index contributed by atoms with van der Waals surface area (Å²) in [5.41, 5.74) is 1.27. The summed E-state index contributed by atoms with van der Waals surface area (Å²) in [4.78, 5) is 9.60. The van der Waals surface area contributed by atoms with E-state index in [0.29, 0.717) is 0 Å². The molecule has 16 heavy (non-hydrogen) atoms. The molecule has 1 aromatic carbocycles. The zero-order valence-corrected chi connectivity index (χ0v) is 9.95. The SMILES string of the molecule is C=C(C)C(=O)O.C=C[C@@H](Cl)c1ccccc1. The van der Waals surface area contributed by atoms with Crippen molar-refractivity contribution in [2.75, 3.05) is 0 Å². The number of alkyl halides is 1. The summed E-state index contributed by atoms with van der Waals surface area (Å²) in [6, 6.07) is 9.87. The van der Waals surface area contributed by atoms with Crippen molar-refractivity contribution in [3.8, 4) is 0 Å². The van der Waals surface area contributed by atoms with E-state index in [1.807, 2.05) is 30.3 Å². The Hall–Kier alpha value is -1.54. The lowest BCUT2D eigenvalue weighted by Gasteiger charge is -2.01. The molecule has 3 heteroatoms. The number of aliphatic carboxylic acids is 1. The Morgan fingerprint density at radius 2 is 1.88 bits per heavy atom. The maximum absolute atomic E-state index is 9.60. The van der Waals surface area contributed by atoms with Crippen molar-refractivity contribution in [1.82, 2.24) is 0 Å². The molecule has 1 N–H and O–H groups in total. The summed E-state index contributed by atoms with van der Waals surface area (Å²) < 4.78 is 0. The summed E-state index contributed by atoms with van der Waals surface area (Å²) in [5.74, 6) is -0.935. The molecule has 1 aromatic rings. The van der Waals surface area contributed by atoms with Gasteiger partial charge in [-0.05, 0) is 12.5 Å². The maximum Gasteiger partial charge on any atom is 0.330 e. The molecule has 0 aliphatic rings. The molecule has 0 fully saturated rings. The second-order valence-electron chi connectivity index (χ2n) is 3.13. The van der Waals surface area contributed by atoms with E-state index in [1.54, 1.807) is 6.08 Å². The van der Waals surface area contributed by atoms with Crippen LogP contribution >= 0.6 is 11.6 Å². The second-order valence-corrected chi connectivity index (χ2v) is 3.60. The molecule has 0 heterocycles. The molecule has 0 unspecified atom stereocenters. The molecule has 0 saturated carbocycles. The summed E-state index contributed by atoms with van der Waals surface area (Å²) in [7, 11) is 0. The quantitative estimate of drug-likeness (QED) is 0.494. The van der Waals surface area contributed by atoms with Crippen LogP contribution in [0.3, 0.4) is 0 Å². The van der Waals surface area contributed by atoms with Gasteiger partial charge in [-0.15, -0.1) is 18.2 Å². The van der Waals surface area contributed by atoms with Crippen molar-refractivity contribution in [2.45, 2.75) is 12.3 Å². The fourth-order valence-corrected chi connectivity index (χ4v) is 0.918. The van der Waals surface area contributed by atoms with Crippen molar-refractivity contribution in [3.63, 3.8) is 0 Å². The molecule has 2 nitrogen and oxygen atoms in total. The number of rotatable bonds is 3. The van der Waals surface area contributed by atoms with E-state index in [1.165, 1.54) is 6.92 Å². The van der Waals surface area contributed by atoms with Gasteiger partial charge in [0.2, 0.25) is 0 Å². The zero-order valence-electron chi connectivity index (χ0n) is 9.19. The minimum absolute atomic E-state index is 0.0544. The topological polar surface area (TPSA) is 37.3 Å². The van der Waals surface area contributed by atoms with E-state index in [0.717, 1.165) is 5.56 Å². The standard InChI is InChI=1S/C9H9Cl.C4H6O2/c1-2-9(10)8-6-4-3-5-7-8;1-3(2)4(5)6/h2-7,9H,1H2;1H2,2H3,(H,5,6)/t9-;/m1./s1. The lowest BCUT2D eigenvalue weighted by Crippen LogP contribution is -1.92. The molecule has 0 aliphatic heterocycles. The first-order valence-electron chi connectivity index (χ1n) is 4.69. The first kappa shape index (κ1) is 14.5. The van der Waals surface area contributed by atoms with Crippen LogP contribution in [0.4, 0.5) is 0 Å². The maximum atomic E-state index is 9.60. The highest BCUT2D eigenvalue weighted by molar-refractivity contribution is 6.21. The predicted octanol–water partition coefficient (Wildman–Crippen LogP) is 3.80. The largest absolute Gasteiger partial charge is 0.478 e. The van der Waals surface area contributed by atoms with Crippen LogP contribution in [0, 0.1) is 0 Å². The fraction of sp³-hybridized carbons (Fsp3) is 0.154. The number of allylic oxidation sites excluding steroid dienone is 1. The molecule has 1 rings (SSSR count). The lowest BCUT2D eigenvalue weighted by atomic mass is 10.1. The average molecular weight is 239 g/mol. The first-order valence-corrected chi connectivity index (χ1v) is 5.13. The summed E-state index contributed by atoms with van der Waals surface area (Å²) in [6.45, 7) is 8.21. The number of hydrogen-bond acceptors (Lipinski definition) is 1. The van der Waals surface area contributed by atoms with Gasteiger partial charge in [0.05, 0.1) is 5.38 Å². The van der Waals surface area contributed by atoms with Crippen LogP contribution in [0.15, 0.2) is 55.1 Å². The molecule has 0 radical (unpaired) electrons. The highest BCUT2D eigenvalue weighted by atomic mass is 35.5. The van der Waals surface area contributed by atoms with Crippen molar-refractivity contribution >= 4 is 17.6 Å². The third-order valence-corrected chi connectivity index (χ3v) is 2.12. The Bertz CT molecular complexity index is 345. The molecule has 86 valence electrons. The van der Waals surface area contributed by atoms with Crippen molar-refractivity contribution < 1.29 is 9.90 Å². The van der Waals surface area contributed by atoms with Crippen LogP contribution in [0.25, 0.3) is 0 Å². The fourth-order valence-electron chi connectivity index (χ4n) is 0.773. The van der Waals surface area contributed by atoms with Crippen molar-refractivity contribution in [1.29, 1.82) is 0 Å². The van der Waals surface area contributed by atoms with Gasteiger partial charge in [0.1, 0.15) is 0 Å². The van der Waals surface area contributed by atoms with Crippen LogP contribution in [0.2, 0.25) is 0 Å². The van der Waals surface area contributed by atoms with Gasteiger partial charge >= 0.3 is 5.97 Å². The van der Waals surface area contributed by atoms with E-state index in [2.05, 4.69) is 13.2 Å². The molecule has 0 spiro atoms. The van der Waals surface area contributed by atoms with E-state index < -0.39 is 5.97 Å². The van der Waals surface area contributed by atoms with Crippen LogP contribution in [-0.4, -0.2) is 11.1 Å². The van der Waals surface area contributed by atoms with Gasteiger partial charge in [-0.3, -0.25) is 0 Å². The highest BCUT2D eigenvalue weighted by Gasteiger charge is 1.98. The van der Waals surface area contributed by atoms with Gasteiger partial charge in [-0.25, -0.2) is 4.79 Å². The van der Waals surface area contributed by atoms with E-state index >= 15 is 0 Å². The molecule has 0 aromatic heterocycles. The normalized spacial score (nSPS) is 10.6. The van der Waals surface area contributed by atoms with Crippen molar-refractivity contribution in [2.24, 2.45) is 0 Å². The van der Waals surface area contributed by atoms with Crippen LogP contribution in [-0.2, 0) is 4.79 Å². The number of carbonyl (C=O) groups is 1. The molecular formula is C13H15ClO2. The van der Waals surface area contributed by atoms with Gasteiger partial charge < -0.3 is 5.11 Å². The number of carboxylic acid groups (broad SMARTS) is 1. The van der Waals surface area contributed by atoms with Crippen LogP contribution in [0.1, 0.15) is 17.9 Å². The summed E-state index contributed by atoms with van der Waals surface area (Å²) in [6.07, 6.45) is 1.72. The average Bonchev–Trinajstić information content (AvgIpc) is 2.30. The Morgan fingerprint density at radius 3 is 2.19 bits per heavy atom. The number of carboxylic acids is 1. The van der Waals surface area contributed by atoms with E-state index in [4.69, 9.17) is 16.7 Å². The zero-order chi connectivity index (χ0) is 12.6. The molecule has 0 amide bonds. The second kappa shape index (κ2) is 7.71. The molecular weight excluding hydrogens is 224 g/mol. The van der Waals surface area contributed by atoms with E-state index in [-0.39, 0.29) is 11.0 Å². The molecule has 0 aliphatic carbocycles. The van der Waals surface area contributed by atoms with Crippen LogP contribution < -0.4 is 0 Å². The number of hydrogen-bond donors (Lipinski definition) is 1. The summed E-state index contributed by atoms with van der Waals surface area (Å²) in [5, 5.41) is 7.84. The molecule has 0 saturated heterocycles. The van der Waals surface area contributed by atoms with Gasteiger partial charge in [0.15, 0.2) is 0 Å². The highest BCUT2D eigenvalue weighted by Crippen LogP contribution is 2.19. The smallest absolute Gasteiger partial charge is 0.330 e. The monoisotopic (exact) mass is 238 g/mol. The first-order chi connectivity index (χ1) is 7.49. The van der Waals surface area contributed by atoms with E-state index in [9.17, 15) is 4.79 Å².